The quantitative estimate of drug-likeness (QED) is 0.286. The number of carbonyl (C=O) groups excluding carboxylic acids is 2. The van der Waals surface area contributed by atoms with Crippen molar-refractivity contribution in [1.82, 2.24) is 14.9 Å². The van der Waals surface area contributed by atoms with Crippen LogP contribution in [0.3, 0.4) is 0 Å². The molecule has 1 aromatic heterocycles. The molecule has 1 saturated heterocycles. The first-order valence-corrected chi connectivity index (χ1v) is 11.1. The van der Waals surface area contributed by atoms with Gasteiger partial charge in [-0.15, -0.1) is 0 Å². The van der Waals surface area contributed by atoms with E-state index < -0.39 is 11.8 Å². The van der Waals surface area contributed by atoms with Gasteiger partial charge in [0.25, 0.3) is 11.8 Å². The van der Waals surface area contributed by atoms with E-state index in [2.05, 4.69) is 0 Å². The van der Waals surface area contributed by atoms with Crippen LogP contribution in [0.25, 0.3) is 10.9 Å². The fourth-order valence-electron chi connectivity index (χ4n) is 4.52. The number of benzene rings is 2. The first-order chi connectivity index (χ1) is 15.8. The lowest BCUT2D eigenvalue weighted by molar-refractivity contribution is -0.133. The molecule has 1 fully saturated rings. The lowest BCUT2D eigenvalue weighted by Gasteiger charge is -2.40. The van der Waals surface area contributed by atoms with Crippen LogP contribution in [0.15, 0.2) is 54.7 Å². The minimum atomic E-state index is -2.65. The number of carbonyl (C=O) groups is 2. The molecular formula is C25H27F2N3O3. The van der Waals surface area contributed by atoms with Gasteiger partial charge < -0.3 is 4.57 Å². The van der Waals surface area contributed by atoms with Crippen LogP contribution < -0.4 is 5.48 Å². The number of fused-ring (bicyclic) bond motifs is 1. The van der Waals surface area contributed by atoms with Gasteiger partial charge in [0.05, 0.1) is 13.1 Å². The highest BCUT2D eigenvalue weighted by molar-refractivity contribution is 6.09. The molecule has 1 atom stereocenters. The van der Waals surface area contributed by atoms with Gasteiger partial charge >= 0.3 is 0 Å². The van der Waals surface area contributed by atoms with Gasteiger partial charge in [0.15, 0.2) is 5.78 Å². The third-order valence-corrected chi connectivity index (χ3v) is 6.12. The highest BCUT2D eigenvalue weighted by atomic mass is 19.3. The van der Waals surface area contributed by atoms with Crippen LogP contribution in [-0.2, 0) is 6.54 Å². The van der Waals surface area contributed by atoms with Gasteiger partial charge in [-0.3, -0.25) is 19.7 Å². The van der Waals surface area contributed by atoms with Crippen molar-refractivity contribution in [3.05, 3.63) is 71.4 Å². The summed E-state index contributed by atoms with van der Waals surface area (Å²) in [5.74, 6) is -3.58. The predicted molar refractivity (Wildman–Crippen MR) is 121 cm³/mol. The smallest absolute Gasteiger partial charge is 0.274 e. The minimum absolute atomic E-state index is 0.0167. The molecule has 0 bridgehead atoms. The second kappa shape index (κ2) is 9.41. The van der Waals surface area contributed by atoms with Crippen molar-refractivity contribution in [2.45, 2.75) is 32.2 Å². The normalized spacial score (nSPS) is 16.4. The SMILES string of the molecule is CCCC(CN1CC(F)(F)C1)C(=O)c1cn(Cc2ccc(C(=O)NO)cc2)c2ccccc12. The fourth-order valence-corrected chi connectivity index (χ4v) is 4.52. The van der Waals surface area contributed by atoms with Crippen molar-refractivity contribution in [3.63, 3.8) is 0 Å². The summed E-state index contributed by atoms with van der Waals surface area (Å²) in [4.78, 5) is 26.7. The number of para-hydroxylation sites is 1. The Kier molecular flexibility index (Phi) is 6.58. The molecule has 174 valence electrons. The van der Waals surface area contributed by atoms with Gasteiger partial charge in [-0.2, -0.15) is 0 Å². The average molecular weight is 456 g/mol. The molecule has 8 heteroatoms. The molecule has 33 heavy (non-hydrogen) atoms. The summed E-state index contributed by atoms with van der Waals surface area (Å²) in [6, 6.07) is 14.5. The number of nitrogens with zero attached hydrogens (tertiary/aromatic N) is 2. The number of likely N-dealkylation sites (tertiary alicyclic amines) is 1. The van der Waals surface area contributed by atoms with Crippen LogP contribution in [0.1, 0.15) is 46.0 Å². The Hall–Kier alpha value is -3.10. The summed E-state index contributed by atoms with van der Waals surface area (Å²) in [6.45, 7) is 2.26. The molecular weight excluding hydrogens is 428 g/mol. The van der Waals surface area contributed by atoms with Crippen molar-refractivity contribution in [2.75, 3.05) is 19.6 Å². The van der Waals surface area contributed by atoms with E-state index in [1.807, 2.05) is 42.0 Å². The molecule has 1 amide bonds. The number of hydrogen-bond acceptors (Lipinski definition) is 4. The number of alkyl halides is 2. The van der Waals surface area contributed by atoms with E-state index in [-0.39, 0.29) is 24.8 Å². The van der Waals surface area contributed by atoms with Crippen LogP contribution in [-0.4, -0.2) is 51.9 Å². The Balaban J connectivity index is 1.59. The molecule has 0 saturated carbocycles. The highest BCUT2D eigenvalue weighted by Crippen LogP contribution is 2.31. The van der Waals surface area contributed by atoms with E-state index in [0.29, 0.717) is 30.6 Å². The number of ketones is 1. The number of halogens is 2. The monoisotopic (exact) mass is 455 g/mol. The van der Waals surface area contributed by atoms with Gasteiger partial charge in [0.2, 0.25) is 0 Å². The summed E-state index contributed by atoms with van der Waals surface area (Å²) in [7, 11) is 0. The molecule has 2 heterocycles. The Morgan fingerprint density at radius 1 is 1.12 bits per heavy atom. The Bertz CT molecular complexity index is 1150. The molecule has 0 radical (unpaired) electrons. The van der Waals surface area contributed by atoms with Crippen molar-refractivity contribution in [2.24, 2.45) is 5.92 Å². The maximum atomic E-state index is 13.5. The van der Waals surface area contributed by atoms with Gasteiger partial charge in [-0.25, -0.2) is 14.3 Å². The lowest BCUT2D eigenvalue weighted by Crippen LogP contribution is -2.57. The minimum Gasteiger partial charge on any atom is -0.342 e. The number of hydrogen-bond donors (Lipinski definition) is 2. The van der Waals surface area contributed by atoms with Crippen molar-refractivity contribution >= 4 is 22.6 Å². The zero-order chi connectivity index (χ0) is 23.6. The molecule has 1 unspecified atom stereocenters. The summed E-state index contributed by atoms with van der Waals surface area (Å²) in [6.07, 6.45) is 3.29. The van der Waals surface area contributed by atoms with Crippen LogP contribution in [0, 0.1) is 5.92 Å². The fraction of sp³-hybridized carbons (Fsp3) is 0.360. The first kappa shape index (κ1) is 23.1. The maximum Gasteiger partial charge on any atom is 0.274 e. The van der Waals surface area contributed by atoms with Crippen LogP contribution >= 0.6 is 0 Å². The number of Topliss-reactive ketones (excluding diaryl/α,β-unsaturated/α-hetero) is 1. The lowest BCUT2D eigenvalue weighted by atomic mass is 9.91. The molecule has 1 aliphatic heterocycles. The Morgan fingerprint density at radius 3 is 2.45 bits per heavy atom. The molecule has 1 aliphatic rings. The third kappa shape index (κ3) is 4.96. The van der Waals surface area contributed by atoms with Gasteiger partial charge in [0.1, 0.15) is 0 Å². The molecule has 0 aliphatic carbocycles. The maximum absolute atomic E-state index is 13.5. The van der Waals surface area contributed by atoms with E-state index >= 15 is 0 Å². The van der Waals surface area contributed by atoms with Crippen molar-refractivity contribution in [1.29, 1.82) is 0 Å². The van der Waals surface area contributed by atoms with E-state index in [1.165, 1.54) is 0 Å². The Morgan fingerprint density at radius 2 is 1.82 bits per heavy atom. The summed E-state index contributed by atoms with van der Waals surface area (Å²) in [5.41, 5.74) is 4.39. The summed E-state index contributed by atoms with van der Waals surface area (Å²) < 4.78 is 28.6. The topological polar surface area (TPSA) is 74.6 Å². The number of amides is 1. The molecule has 4 rings (SSSR count). The standard InChI is InChI=1S/C25H27F2N3O3/c1-2-5-19(13-29-15-25(26,27)16-29)23(31)21-14-30(22-7-4-3-6-20(21)22)12-17-8-10-18(11-9-17)24(32)28-33/h3-4,6-11,14,19,33H,2,5,12-13,15-16H2,1H3,(H,28,32). The number of rotatable bonds is 9. The van der Waals surface area contributed by atoms with E-state index in [1.54, 1.807) is 34.6 Å². The Labute approximate surface area is 190 Å². The van der Waals surface area contributed by atoms with Gasteiger partial charge in [0, 0.05) is 47.2 Å². The van der Waals surface area contributed by atoms with E-state index in [4.69, 9.17) is 5.21 Å². The molecule has 2 N–H and O–H groups in total. The zero-order valence-corrected chi connectivity index (χ0v) is 18.4. The molecule has 3 aromatic rings. The van der Waals surface area contributed by atoms with Crippen molar-refractivity contribution < 1.29 is 23.6 Å². The average Bonchev–Trinajstić information content (AvgIpc) is 3.15. The van der Waals surface area contributed by atoms with E-state index in [9.17, 15) is 18.4 Å². The highest BCUT2D eigenvalue weighted by Gasteiger charge is 2.44. The second-order valence-electron chi connectivity index (χ2n) is 8.70. The van der Waals surface area contributed by atoms with Crippen LogP contribution in [0.4, 0.5) is 8.78 Å². The third-order valence-electron chi connectivity index (χ3n) is 6.12. The molecule has 6 nitrogen and oxygen atoms in total. The predicted octanol–water partition coefficient (Wildman–Crippen LogP) is 4.36. The van der Waals surface area contributed by atoms with Crippen LogP contribution in [0.5, 0.6) is 0 Å². The summed E-state index contributed by atoms with van der Waals surface area (Å²) >= 11 is 0. The second-order valence-corrected chi connectivity index (χ2v) is 8.70. The number of hydroxylamine groups is 1. The van der Waals surface area contributed by atoms with Gasteiger partial charge in [-0.1, -0.05) is 43.7 Å². The van der Waals surface area contributed by atoms with Crippen LogP contribution in [0.2, 0.25) is 0 Å². The van der Waals surface area contributed by atoms with Crippen molar-refractivity contribution in [3.8, 4) is 0 Å². The summed E-state index contributed by atoms with van der Waals surface area (Å²) in [5, 5.41) is 9.61. The molecule has 0 spiro atoms. The first-order valence-electron chi connectivity index (χ1n) is 11.1. The van der Waals surface area contributed by atoms with Gasteiger partial charge in [-0.05, 0) is 30.2 Å². The number of nitrogens with one attached hydrogen (secondary N) is 1. The zero-order valence-electron chi connectivity index (χ0n) is 18.4. The van der Waals surface area contributed by atoms with E-state index in [0.717, 1.165) is 22.9 Å². The number of aromatic nitrogens is 1. The largest absolute Gasteiger partial charge is 0.342 e. The molecule has 2 aromatic carbocycles.